The van der Waals surface area contributed by atoms with Crippen LogP contribution in [-0.4, -0.2) is 39.4 Å². The first-order valence-electron chi connectivity index (χ1n) is 8.41. The van der Waals surface area contributed by atoms with E-state index in [1.807, 2.05) is 19.1 Å². The average Bonchev–Trinajstić information content (AvgIpc) is 2.63. The second-order valence-corrected chi connectivity index (χ2v) is 7.93. The van der Waals surface area contributed by atoms with Crippen molar-refractivity contribution in [2.75, 3.05) is 26.1 Å². The lowest BCUT2D eigenvalue weighted by Gasteiger charge is -2.19. The van der Waals surface area contributed by atoms with E-state index in [1.165, 1.54) is 30.4 Å². The van der Waals surface area contributed by atoms with Gasteiger partial charge in [-0.3, -0.25) is 4.79 Å². The van der Waals surface area contributed by atoms with Crippen molar-refractivity contribution in [1.82, 2.24) is 4.31 Å². The second kappa shape index (κ2) is 8.88. The minimum Gasteiger partial charge on any atom is -0.497 e. The van der Waals surface area contributed by atoms with E-state index in [2.05, 4.69) is 5.32 Å². The molecule has 2 aromatic rings. The molecule has 2 rings (SSSR count). The molecule has 0 aliphatic carbocycles. The largest absolute Gasteiger partial charge is 0.497 e. The normalized spacial score (nSPS) is 11.3. The minimum atomic E-state index is -3.75. The number of amides is 1. The molecule has 0 spiro atoms. The predicted octanol–water partition coefficient (Wildman–Crippen LogP) is 2.87. The Labute approximate surface area is 160 Å². The fourth-order valence-corrected chi connectivity index (χ4v) is 3.68. The van der Waals surface area contributed by atoms with Crippen molar-refractivity contribution in [2.45, 2.75) is 25.3 Å². The fraction of sp³-hybridized carbons (Fsp3) is 0.316. The Morgan fingerprint density at radius 2 is 1.81 bits per heavy atom. The van der Waals surface area contributed by atoms with Crippen LogP contribution in [0.2, 0.25) is 0 Å². The summed E-state index contributed by atoms with van der Waals surface area (Å²) < 4.78 is 37.6. The van der Waals surface area contributed by atoms with Gasteiger partial charge in [-0.15, -0.1) is 0 Å². The zero-order valence-electron chi connectivity index (χ0n) is 15.9. The number of sulfonamides is 1. The molecule has 146 valence electrons. The molecule has 27 heavy (non-hydrogen) atoms. The highest BCUT2D eigenvalue weighted by Gasteiger charge is 2.22. The molecule has 0 saturated heterocycles. The first-order chi connectivity index (χ1) is 12.8. The summed E-state index contributed by atoms with van der Waals surface area (Å²) in [6.45, 7) is 3.77. The van der Waals surface area contributed by atoms with E-state index >= 15 is 0 Å². The Balaban J connectivity index is 2.28. The number of nitrogens with one attached hydrogen (secondary N) is 1. The van der Waals surface area contributed by atoms with Gasteiger partial charge in [0.15, 0.2) is 0 Å². The minimum absolute atomic E-state index is 0.0747. The van der Waals surface area contributed by atoms with Crippen molar-refractivity contribution in [1.29, 1.82) is 0 Å². The van der Waals surface area contributed by atoms with Crippen LogP contribution in [0.25, 0.3) is 0 Å². The first-order valence-corrected chi connectivity index (χ1v) is 9.85. The van der Waals surface area contributed by atoms with Gasteiger partial charge in [0.25, 0.3) is 0 Å². The van der Waals surface area contributed by atoms with Crippen LogP contribution in [0.5, 0.6) is 11.5 Å². The van der Waals surface area contributed by atoms with Crippen LogP contribution < -0.4 is 14.8 Å². The lowest BCUT2D eigenvalue weighted by Crippen LogP contribution is -2.26. The molecule has 8 heteroatoms. The molecule has 0 fully saturated rings. The Morgan fingerprint density at radius 3 is 2.37 bits per heavy atom. The Kier molecular flexibility index (Phi) is 6.81. The van der Waals surface area contributed by atoms with Crippen molar-refractivity contribution in [3.63, 3.8) is 0 Å². The predicted molar refractivity (Wildman–Crippen MR) is 104 cm³/mol. The summed E-state index contributed by atoms with van der Waals surface area (Å²) in [4.78, 5) is 11.5. The summed E-state index contributed by atoms with van der Waals surface area (Å²) >= 11 is 0. The molecule has 0 bridgehead atoms. The van der Waals surface area contributed by atoms with Gasteiger partial charge in [-0.25, -0.2) is 8.42 Å². The lowest BCUT2D eigenvalue weighted by molar-refractivity contribution is -0.114. The monoisotopic (exact) mass is 392 g/mol. The van der Waals surface area contributed by atoms with E-state index in [9.17, 15) is 13.2 Å². The Hall–Kier alpha value is -2.58. The summed E-state index contributed by atoms with van der Waals surface area (Å²) in [6.07, 6.45) is 0. The van der Waals surface area contributed by atoms with Gasteiger partial charge in [0.1, 0.15) is 11.5 Å². The molecule has 0 atom stereocenters. The lowest BCUT2D eigenvalue weighted by atomic mass is 10.2. The van der Waals surface area contributed by atoms with Gasteiger partial charge in [0.2, 0.25) is 15.9 Å². The Bertz CT molecular complexity index is 895. The molecule has 0 aromatic heterocycles. The SMILES string of the molecule is CCOc1ccc(S(=O)(=O)N(C)Cc2ccc(OC)cc2)cc1NC(C)=O. The molecule has 0 radical (unpaired) electrons. The third-order valence-corrected chi connectivity index (χ3v) is 5.63. The highest BCUT2D eigenvalue weighted by molar-refractivity contribution is 7.89. The van der Waals surface area contributed by atoms with E-state index < -0.39 is 10.0 Å². The fourth-order valence-electron chi connectivity index (χ4n) is 2.49. The molecular weight excluding hydrogens is 368 g/mol. The maximum atomic E-state index is 12.9. The third-order valence-electron chi connectivity index (χ3n) is 3.83. The van der Waals surface area contributed by atoms with Gasteiger partial charge in [0.05, 0.1) is 24.3 Å². The van der Waals surface area contributed by atoms with E-state index in [0.717, 1.165) is 5.56 Å². The van der Waals surface area contributed by atoms with Crippen LogP contribution in [0, 0.1) is 0 Å². The molecule has 2 aromatic carbocycles. The summed E-state index contributed by atoms with van der Waals surface area (Å²) in [6, 6.07) is 11.6. The highest BCUT2D eigenvalue weighted by atomic mass is 32.2. The van der Waals surface area contributed by atoms with E-state index in [1.54, 1.807) is 25.3 Å². The highest BCUT2D eigenvalue weighted by Crippen LogP contribution is 2.29. The van der Waals surface area contributed by atoms with E-state index in [4.69, 9.17) is 9.47 Å². The van der Waals surface area contributed by atoms with Crippen LogP contribution in [0.4, 0.5) is 5.69 Å². The first kappa shape index (κ1) is 20.7. The van der Waals surface area contributed by atoms with Crippen molar-refractivity contribution in [2.24, 2.45) is 0 Å². The number of ether oxygens (including phenoxy) is 2. The van der Waals surface area contributed by atoms with Crippen molar-refractivity contribution < 1.29 is 22.7 Å². The van der Waals surface area contributed by atoms with Crippen LogP contribution in [0.15, 0.2) is 47.4 Å². The van der Waals surface area contributed by atoms with Crippen LogP contribution in [-0.2, 0) is 21.4 Å². The van der Waals surface area contributed by atoms with Gasteiger partial charge in [-0.2, -0.15) is 4.31 Å². The van der Waals surface area contributed by atoms with Crippen LogP contribution in [0.3, 0.4) is 0 Å². The van der Waals surface area contributed by atoms with Crippen LogP contribution in [0.1, 0.15) is 19.4 Å². The van der Waals surface area contributed by atoms with Crippen molar-refractivity contribution >= 4 is 21.6 Å². The number of anilines is 1. The summed E-state index contributed by atoms with van der Waals surface area (Å²) in [7, 11) is -0.666. The number of hydrogen-bond donors (Lipinski definition) is 1. The van der Waals surface area contributed by atoms with Gasteiger partial charge in [-0.05, 0) is 42.8 Å². The number of rotatable bonds is 8. The average molecular weight is 392 g/mol. The molecule has 0 saturated carbocycles. The molecule has 0 heterocycles. The summed E-state index contributed by atoms with van der Waals surface area (Å²) in [5, 5.41) is 2.61. The van der Waals surface area contributed by atoms with Crippen molar-refractivity contribution in [3.05, 3.63) is 48.0 Å². The summed E-state index contributed by atoms with van der Waals surface area (Å²) in [5.41, 5.74) is 1.15. The number of carbonyl (C=O) groups excluding carboxylic acids is 1. The van der Waals surface area contributed by atoms with Gasteiger partial charge in [-0.1, -0.05) is 12.1 Å². The molecular formula is C19H24N2O5S. The number of nitrogens with zero attached hydrogens (tertiary/aromatic N) is 1. The number of methoxy groups -OCH3 is 1. The number of hydrogen-bond acceptors (Lipinski definition) is 5. The maximum Gasteiger partial charge on any atom is 0.243 e. The maximum absolute atomic E-state index is 12.9. The molecule has 0 aliphatic rings. The molecule has 0 aliphatic heterocycles. The molecule has 1 N–H and O–H groups in total. The van der Waals surface area contributed by atoms with Gasteiger partial charge < -0.3 is 14.8 Å². The number of benzene rings is 2. The zero-order valence-corrected chi connectivity index (χ0v) is 16.7. The van der Waals surface area contributed by atoms with E-state index in [0.29, 0.717) is 23.8 Å². The van der Waals surface area contributed by atoms with E-state index in [-0.39, 0.29) is 17.3 Å². The quantitative estimate of drug-likeness (QED) is 0.747. The third kappa shape index (κ3) is 5.21. The van der Waals surface area contributed by atoms with Gasteiger partial charge in [0, 0.05) is 20.5 Å². The smallest absolute Gasteiger partial charge is 0.243 e. The summed E-state index contributed by atoms with van der Waals surface area (Å²) in [5.74, 6) is 0.817. The second-order valence-electron chi connectivity index (χ2n) is 5.88. The molecule has 1 amide bonds. The number of carbonyl (C=O) groups is 1. The molecule has 7 nitrogen and oxygen atoms in total. The Morgan fingerprint density at radius 1 is 1.15 bits per heavy atom. The topological polar surface area (TPSA) is 84.9 Å². The van der Waals surface area contributed by atoms with Gasteiger partial charge >= 0.3 is 0 Å². The standard InChI is InChI=1S/C19H24N2O5S/c1-5-26-19-11-10-17(12-18(19)20-14(2)22)27(23,24)21(3)13-15-6-8-16(25-4)9-7-15/h6-12H,5,13H2,1-4H3,(H,20,22). The molecule has 0 unspecified atom stereocenters. The van der Waals surface area contributed by atoms with Crippen LogP contribution >= 0.6 is 0 Å². The zero-order chi connectivity index (χ0) is 20.0. The van der Waals surface area contributed by atoms with Crippen molar-refractivity contribution in [3.8, 4) is 11.5 Å².